The largest absolute Gasteiger partial charge is 0.388 e. The first-order chi connectivity index (χ1) is 6.08. The Labute approximate surface area is 86.1 Å². The van der Waals surface area contributed by atoms with Gasteiger partial charge >= 0.3 is 0 Å². The van der Waals surface area contributed by atoms with Crippen LogP contribution in [0.3, 0.4) is 0 Å². The Balaban J connectivity index is 2.44. The van der Waals surface area contributed by atoms with E-state index in [1.165, 1.54) is 5.56 Å². The summed E-state index contributed by atoms with van der Waals surface area (Å²) in [6.45, 7) is 2.47. The topological polar surface area (TPSA) is 32.3 Å². The van der Waals surface area contributed by atoms with E-state index in [0.717, 1.165) is 10.2 Å². The molecule has 1 unspecified atom stereocenters. The first kappa shape index (κ1) is 9.03. The van der Waals surface area contributed by atoms with Crippen molar-refractivity contribution in [2.24, 2.45) is 0 Å². The molecule has 1 aliphatic heterocycles. The number of fused-ring (bicyclic) bond motifs is 1. The lowest BCUT2D eigenvalue weighted by molar-refractivity contribution is 0.0708. The average Bonchev–Trinajstić information content (AvgIpc) is 2.06. The lowest BCUT2D eigenvalue weighted by Crippen LogP contribution is -2.39. The summed E-state index contributed by atoms with van der Waals surface area (Å²) in [5.74, 6) is 0. The highest BCUT2D eigenvalue weighted by atomic mass is 79.9. The summed E-state index contributed by atoms with van der Waals surface area (Å²) in [5, 5.41) is 13.1. The van der Waals surface area contributed by atoms with Crippen LogP contribution in [0.5, 0.6) is 0 Å². The SMILES string of the molecule is CC1(O)CNc2cccc(Br)c2C1. The number of rotatable bonds is 0. The zero-order valence-corrected chi connectivity index (χ0v) is 9.06. The summed E-state index contributed by atoms with van der Waals surface area (Å²) in [5.41, 5.74) is 1.66. The first-order valence-corrected chi connectivity index (χ1v) is 5.11. The molecule has 0 bridgehead atoms. The van der Waals surface area contributed by atoms with Gasteiger partial charge in [0.15, 0.2) is 0 Å². The molecule has 2 N–H and O–H groups in total. The van der Waals surface area contributed by atoms with Gasteiger partial charge in [-0.2, -0.15) is 0 Å². The molecule has 0 spiro atoms. The van der Waals surface area contributed by atoms with Crippen LogP contribution in [0.4, 0.5) is 5.69 Å². The summed E-state index contributed by atoms with van der Waals surface area (Å²) >= 11 is 3.48. The normalized spacial score (nSPS) is 26.4. The molecular formula is C10H12BrNO. The molecule has 13 heavy (non-hydrogen) atoms. The molecule has 1 aliphatic rings. The van der Waals surface area contributed by atoms with Crippen molar-refractivity contribution in [2.75, 3.05) is 11.9 Å². The Kier molecular flexibility index (Phi) is 2.08. The van der Waals surface area contributed by atoms with Crippen LogP contribution in [0.15, 0.2) is 22.7 Å². The van der Waals surface area contributed by atoms with Crippen molar-refractivity contribution in [3.8, 4) is 0 Å². The van der Waals surface area contributed by atoms with Gasteiger partial charge in [-0.1, -0.05) is 22.0 Å². The summed E-state index contributed by atoms with van der Waals surface area (Å²) in [6.07, 6.45) is 0.705. The van der Waals surface area contributed by atoms with Gasteiger partial charge in [-0.05, 0) is 24.6 Å². The first-order valence-electron chi connectivity index (χ1n) is 4.32. The number of halogens is 1. The highest BCUT2D eigenvalue weighted by Crippen LogP contribution is 2.32. The van der Waals surface area contributed by atoms with E-state index in [1.807, 2.05) is 25.1 Å². The average molecular weight is 242 g/mol. The molecular weight excluding hydrogens is 230 g/mol. The minimum absolute atomic E-state index is 0.621. The van der Waals surface area contributed by atoms with Crippen molar-refractivity contribution >= 4 is 21.6 Å². The Hall–Kier alpha value is -0.540. The van der Waals surface area contributed by atoms with Crippen molar-refractivity contribution in [1.82, 2.24) is 0 Å². The van der Waals surface area contributed by atoms with Gasteiger partial charge in [-0.3, -0.25) is 0 Å². The lowest BCUT2D eigenvalue weighted by Gasteiger charge is -2.31. The molecule has 0 saturated carbocycles. The fourth-order valence-corrected chi connectivity index (χ4v) is 2.14. The minimum Gasteiger partial charge on any atom is -0.388 e. The zero-order valence-electron chi connectivity index (χ0n) is 7.47. The molecule has 2 rings (SSSR count). The van der Waals surface area contributed by atoms with Gasteiger partial charge in [-0.25, -0.2) is 0 Å². The Morgan fingerprint density at radius 3 is 3.08 bits per heavy atom. The molecule has 3 heteroatoms. The zero-order chi connectivity index (χ0) is 9.47. The molecule has 1 aromatic carbocycles. The molecule has 70 valence electrons. The van der Waals surface area contributed by atoms with Crippen LogP contribution in [0.1, 0.15) is 12.5 Å². The van der Waals surface area contributed by atoms with Crippen molar-refractivity contribution in [3.63, 3.8) is 0 Å². The second-order valence-electron chi connectivity index (χ2n) is 3.79. The number of hydrogen-bond donors (Lipinski definition) is 2. The van der Waals surface area contributed by atoms with E-state index in [0.29, 0.717) is 13.0 Å². The van der Waals surface area contributed by atoms with Gasteiger partial charge in [-0.15, -0.1) is 0 Å². The molecule has 2 nitrogen and oxygen atoms in total. The fraction of sp³-hybridized carbons (Fsp3) is 0.400. The maximum absolute atomic E-state index is 9.86. The quantitative estimate of drug-likeness (QED) is 0.730. The van der Waals surface area contributed by atoms with Crippen molar-refractivity contribution in [2.45, 2.75) is 18.9 Å². The third kappa shape index (κ3) is 1.71. The molecule has 0 aromatic heterocycles. The maximum atomic E-state index is 9.86. The van der Waals surface area contributed by atoms with E-state index in [4.69, 9.17) is 0 Å². The van der Waals surface area contributed by atoms with Gasteiger partial charge < -0.3 is 10.4 Å². The van der Waals surface area contributed by atoms with Crippen LogP contribution in [-0.2, 0) is 6.42 Å². The number of nitrogens with one attached hydrogen (secondary N) is 1. The molecule has 1 heterocycles. The van der Waals surface area contributed by atoms with Crippen LogP contribution < -0.4 is 5.32 Å². The van der Waals surface area contributed by atoms with Crippen LogP contribution in [-0.4, -0.2) is 17.3 Å². The Morgan fingerprint density at radius 2 is 2.31 bits per heavy atom. The van der Waals surface area contributed by atoms with Crippen molar-refractivity contribution in [3.05, 3.63) is 28.2 Å². The maximum Gasteiger partial charge on any atom is 0.0832 e. The van der Waals surface area contributed by atoms with Gasteiger partial charge in [0.25, 0.3) is 0 Å². The predicted molar refractivity (Wildman–Crippen MR) is 57.0 cm³/mol. The number of anilines is 1. The van der Waals surface area contributed by atoms with E-state index in [1.54, 1.807) is 0 Å². The molecule has 1 atom stereocenters. The van der Waals surface area contributed by atoms with Gasteiger partial charge in [0.1, 0.15) is 0 Å². The van der Waals surface area contributed by atoms with Crippen LogP contribution in [0, 0.1) is 0 Å². The number of β-amino-alcohol motifs (C(OH)–C–C–N with tert-alkyl or cyclic N) is 1. The fourth-order valence-electron chi connectivity index (χ4n) is 1.63. The van der Waals surface area contributed by atoms with E-state index in [-0.39, 0.29) is 0 Å². The van der Waals surface area contributed by atoms with E-state index in [2.05, 4.69) is 21.2 Å². The number of aliphatic hydroxyl groups is 1. The van der Waals surface area contributed by atoms with Crippen molar-refractivity contribution in [1.29, 1.82) is 0 Å². The standard InChI is InChI=1S/C10H12BrNO/c1-10(13)5-7-8(11)3-2-4-9(7)12-6-10/h2-4,12-13H,5-6H2,1H3. The summed E-state index contributed by atoms with van der Waals surface area (Å²) < 4.78 is 1.07. The summed E-state index contributed by atoms with van der Waals surface area (Å²) in [4.78, 5) is 0. The summed E-state index contributed by atoms with van der Waals surface area (Å²) in [6, 6.07) is 6.03. The third-order valence-corrected chi connectivity index (χ3v) is 3.08. The van der Waals surface area contributed by atoms with Crippen molar-refractivity contribution < 1.29 is 5.11 Å². The number of hydrogen-bond acceptors (Lipinski definition) is 2. The van der Waals surface area contributed by atoms with E-state index >= 15 is 0 Å². The second-order valence-corrected chi connectivity index (χ2v) is 4.65. The second kappa shape index (κ2) is 3.00. The Morgan fingerprint density at radius 1 is 1.54 bits per heavy atom. The summed E-state index contributed by atoms with van der Waals surface area (Å²) in [7, 11) is 0. The van der Waals surface area contributed by atoms with Crippen LogP contribution >= 0.6 is 15.9 Å². The van der Waals surface area contributed by atoms with Gasteiger partial charge in [0, 0.05) is 23.1 Å². The van der Waals surface area contributed by atoms with Gasteiger partial charge in [0.05, 0.1) is 5.60 Å². The lowest BCUT2D eigenvalue weighted by atomic mass is 9.92. The highest BCUT2D eigenvalue weighted by molar-refractivity contribution is 9.10. The van der Waals surface area contributed by atoms with Crippen LogP contribution in [0.25, 0.3) is 0 Å². The Bertz CT molecular complexity index is 336. The van der Waals surface area contributed by atoms with Gasteiger partial charge in [0.2, 0.25) is 0 Å². The monoisotopic (exact) mass is 241 g/mol. The van der Waals surface area contributed by atoms with Crippen LogP contribution in [0.2, 0.25) is 0 Å². The minimum atomic E-state index is -0.628. The molecule has 0 radical (unpaired) electrons. The molecule has 0 amide bonds. The smallest absolute Gasteiger partial charge is 0.0832 e. The van der Waals surface area contributed by atoms with E-state index in [9.17, 15) is 5.11 Å². The third-order valence-electron chi connectivity index (χ3n) is 2.34. The molecule has 0 aliphatic carbocycles. The highest BCUT2D eigenvalue weighted by Gasteiger charge is 2.27. The predicted octanol–water partition coefficient (Wildman–Crippen LogP) is 2.17. The molecule has 1 aromatic rings. The molecule has 0 saturated heterocycles. The number of benzene rings is 1. The molecule has 0 fully saturated rings. The van der Waals surface area contributed by atoms with E-state index < -0.39 is 5.60 Å².